The van der Waals surface area contributed by atoms with Crippen LogP contribution in [-0.2, 0) is 10.8 Å². The molecular weight excluding hydrogens is 831 g/mol. The van der Waals surface area contributed by atoms with Crippen molar-refractivity contribution in [3.05, 3.63) is 317 Å². The summed E-state index contributed by atoms with van der Waals surface area (Å²) in [6.45, 7) is 0. The number of rotatable bonds is 6. The lowest BCUT2D eigenvalue weighted by molar-refractivity contribution is 0.633. The van der Waals surface area contributed by atoms with E-state index < -0.39 is 10.8 Å². The van der Waals surface area contributed by atoms with Crippen LogP contribution in [0.4, 0.5) is 17.1 Å². The van der Waals surface area contributed by atoms with Crippen molar-refractivity contribution in [2.24, 2.45) is 0 Å². The number of fused-ring (bicyclic) bond motifs is 16. The number of anilines is 3. The van der Waals surface area contributed by atoms with Gasteiger partial charge in [0.25, 0.3) is 0 Å². The lowest BCUT2D eigenvalue weighted by Crippen LogP contribution is -2.43. The topological polar surface area (TPSA) is 3.24 Å². The number of benzene rings is 11. The number of nitrogens with zero attached hydrogens (tertiary/aromatic N) is 1. The van der Waals surface area contributed by atoms with Crippen LogP contribution in [0.15, 0.2) is 273 Å². The molecule has 3 aliphatic rings. The first-order valence-electron chi connectivity index (χ1n) is 24.1. The summed E-state index contributed by atoms with van der Waals surface area (Å²) in [5.74, 6) is 0. The van der Waals surface area contributed by atoms with Crippen LogP contribution in [0.25, 0.3) is 55.6 Å². The van der Waals surface area contributed by atoms with Gasteiger partial charge < -0.3 is 4.90 Å². The van der Waals surface area contributed by atoms with Gasteiger partial charge in [-0.3, -0.25) is 0 Å². The molecule has 14 rings (SSSR count). The predicted octanol–water partition coefficient (Wildman–Crippen LogP) is 17.2. The standard InChI is InChI=1S/C68H45N/c1-4-21-46(22-5-1)49-27-20-28-50(43-49)69(51-39-41-53(47-23-6-2-7-24-47)57(44-51)48-25-8-3-9-26-48)52-40-42-62-58(45-52)56-31-12-15-34-61(56)68(62)65-37-18-16-35-63(65)67(64-36-17-19-38-66(64)68)59-32-13-10-29-54(59)55-30-11-14-33-60(55)67/h1-45H. The van der Waals surface area contributed by atoms with Crippen molar-refractivity contribution in [1.29, 1.82) is 0 Å². The quantitative estimate of drug-likeness (QED) is 0.161. The van der Waals surface area contributed by atoms with Gasteiger partial charge in [-0.2, -0.15) is 0 Å². The molecule has 11 aromatic rings. The summed E-state index contributed by atoms with van der Waals surface area (Å²) in [6.07, 6.45) is 0. The van der Waals surface area contributed by atoms with Crippen LogP contribution in [0.3, 0.4) is 0 Å². The zero-order chi connectivity index (χ0) is 45.5. The molecule has 0 amide bonds. The van der Waals surface area contributed by atoms with Gasteiger partial charge in [0.15, 0.2) is 0 Å². The Labute approximate surface area is 403 Å². The maximum atomic E-state index is 2.47. The molecule has 0 atom stereocenters. The van der Waals surface area contributed by atoms with Crippen LogP contribution in [0.5, 0.6) is 0 Å². The second kappa shape index (κ2) is 15.4. The Morgan fingerprint density at radius 1 is 0.188 bits per heavy atom. The Kier molecular flexibility index (Phi) is 8.78. The van der Waals surface area contributed by atoms with E-state index in [-0.39, 0.29) is 0 Å². The van der Waals surface area contributed by atoms with E-state index in [1.807, 2.05) is 0 Å². The summed E-state index contributed by atoms with van der Waals surface area (Å²) >= 11 is 0. The zero-order valence-corrected chi connectivity index (χ0v) is 37.9. The van der Waals surface area contributed by atoms with Gasteiger partial charge in [-0.1, -0.05) is 237 Å². The third-order valence-corrected chi connectivity index (χ3v) is 15.4. The van der Waals surface area contributed by atoms with Crippen molar-refractivity contribution >= 4 is 17.1 Å². The molecule has 322 valence electrons. The van der Waals surface area contributed by atoms with Crippen molar-refractivity contribution < 1.29 is 0 Å². The summed E-state index contributed by atoms with van der Waals surface area (Å²) in [4.78, 5) is 2.46. The molecule has 0 saturated carbocycles. The van der Waals surface area contributed by atoms with E-state index in [4.69, 9.17) is 0 Å². The molecule has 2 spiro atoms. The highest BCUT2D eigenvalue weighted by molar-refractivity contribution is 5.96. The van der Waals surface area contributed by atoms with Crippen LogP contribution in [0, 0.1) is 0 Å². The highest BCUT2D eigenvalue weighted by Crippen LogP contribution is 2.67. The molecule has 0 fully saturated rings. The number of hydrogen-bond acceptors (Lipinski definition) is 1. The first-order chi connectivity index (χ1) is 34.2. The maximum absolute atomic E-state index is 2.47. The third-order valence-electron chi connectivity index (χ3n) is 15.4. The Morgan fingerprint density at radius 3 is 1.04 bits per heavy atom. The van der Waals surface area contributed by atoms with E-state index in [1.165, 1.54) is 100 Å². The monoisotopic (exact) mass is 875 g/mol. The molecule has 0 heterocycles. The van der Waals surface area contributed by atoms with Crippen molar-refractivity contribution in [1.82, 2.24) is 0 Å². The minimum absolute atomic E-state index is 0.480. The zero-order valence-electron chi connectivity index (χ0n) is 37.9. The normalized spacial score (nSPS) is 13.7. The van der Waals surface area contributed by atoms with Gasteiger partial charge in [-0.05, 0) is 137 Å². The van der Waals surface area contributed by atoms with E-state index in [2.05, 4.69) is 278 Å². The van der Waals surface area contributed by atoms with Crippen molar-refractivity contribution in [2.75, 3.05) is 4.90 Å². The largest absolute Gasteiger partial charge is 0.310 e. The minimum atomic E-state index is -0.564. The summed E-state index contributed by atoms with van der Waals surface area (Å²) in [7, 11) is 0. The second-order valence-electron chi connectivity index (χ2n) is 18.7. The van der Waals surface area contributed by atoms with Crippen LogP contribution in [0.1, 0.15) is 44.5 Å². The van der Waals surface area contributed by atoms with Crippen LogP contribution in [-0.4, -0.2) is 0 Å². The SMILES string of the molecule is c1ccc(-c2cccc(N(c3ccc(-c4ccccc4)c(-c4ccccc4)c3)c3ccc4c(c3)-c3ccccc3C43c4ccccc4C4(c5ccccc5-c5ccccc54)c4ccccc43)c2)cc1. The Hall–Kier alpha value is -8.78. The molecular formula is C68H45N. The molecule has 3 aliphatic carbocycles. The predicted molar refractivity (Wildman–Crippen MR) is 286 cm³/mol. The van der Waals surface area contributed by atoms with E-state index in [1.54, 1.807) is 0 Å². The Balaban J connectivity index is 1.02. The molecule has 0 saturated heterocycles. The fourth-order valence-corrected chi connectivity index (χ4v) is 12.7. The molecule has 1 nitrogen and oxygen atoms in total. The van der Waals surface area contributed by atoms with Crippen molar-refractivity contribution in [3.8, 4) is 55.6 Å². The molecule has 0 unspecified atom stereocenters. The average Bonchev–Trinajstić information content (AvgIpc) is 3.89. The lowest BCUT2D eigenvalue weighted by Gasteiger charge is -2.48. The van der Waals surface area contributed by atoms with Gasteiger partial charge in [0.2, 0.25) is 0 Å². The first kappa shape index (κ1) is 39.4. The van der Waals surface area contributed by atoms with Crippen molar-refractivity contribution in [3.63, 3.8) is 0 Å². The smallest absolute Gasteiger partial charge is 0.0720 e. The minimum Gasteiger partial charge on any atom is -0.310 e. The highest BCUT2D eigenvalue weighted by Gasteiger charge is 2.58. The highest BCUT2D eigenvalue weighted by atomic mass is 15.1. The Morgan fingerprint density at radius 2 is 0.536 bits per heavy atom. The maximum Gasteiger partial charge on any atom is 0.0720 e. The van der Waals surface area contributed by atoms with Crippen LogP contribution >= 0.6 is 0 Å². The van der Waals surface area contributed by atoms with Crippen LogP contribution in [0.2, 0.25) is 0 Å². The van der Waals surface area contributed by atoms with Gasteiger partial charge in [-0.25, -0.2) is 0 Å². The van der Waals surface area contributed by atoms with E-state index >= 15 is 0 Å². The van der Waals surface area contributed by atoms with E-state index in [9.17, 15) is 0 Å². The molecule has 0 aliphatic heterocycles. The summed E-state index contributed by atoms with van der Waals surface area (Å²) in [6, 6.07) is 102. The summed E-state index contributed by atoms with van der Waals surface area (Å²) < 4.78 is 0. The summed E-state index contributed by atoms with van der Waals surface area (Å²) in [5.41, 5.74) is 25.2. The van der Waals surface area contributed by atoms with Gasteiger partial charge in [0, 0.05) is 17.1 Å². The molecule has 0 aromatic heterocycles. The lowest BCUT2D eigenvalue weighted by atomic mass is 9.52. The van der Waals surface area contributed by atoms with E-state index in [0.29, 0.717) is 0 Å². The molecule has 11 aromatic carbocycles. The molecule has 0 N–H and O–H groups in total. The first-order valence-corrected chi connectivity index (χ1v) is 24.1. The molecule has 0 bridgehead atoms. The second-order valence-corrected chi connectivity index (χ2v) is 18.7. The number of hydrogen-bond donors (Lipinski definition) is 0. The molecule has 0 radical (unpaired) electrons. The van der Waals surface area contributed by atoms with Crippen molar-refractivity contribution in [2.45, 2.75) is 10.8 Å². The van der Waals surface area contributed by atoms with Gasteiger partial charge in [0.1, 0.15) is 0 Å². The van der Waals surface area contributed by atoms with Gasteiger partial charge in [-0.15, -0.1) is 0 Å². The van der Waals surface area contributed by atoms with E-state index in [0.717, 1.165) is 17.1 Å². The average molecular weight is 876 g/mol. The fourth-order valence-electron chi connectivity index (χ4n) is 12.7. The Bertz CT molecular complexity index is 3700. The van der Waals surface area contributed by atoms with Crippen LogP contribution < -0.4 is 4.90 Å². The van der Waals surface area contributed by atoms with Gasteiger partial charge >= 0.3 is 0 Å². The fraction of sp³-hybridized carbons (Fsp3) is 0.0294. The molecule has 69 heavy (non-hydrogen) atoms. The summed E-state index contributed by atoms with van der Waals surface area (Å²) in [5, 5.41) is 0. The van der Waals surface area contributed by atoms with Gasteiger partial charge in [0.05, 0.1) is 10.8 Å². The molecule has 1 heteroatoms. The third kappa shape index (κ3) is 5.59.